The van der Waals surface area contributed by atoms with Crippen molar-refractivity contribution in [3.8, 4) is 0 Å². The second kappa shape index (κ2) is 9.42. The van der Waals surface area contributed by atoms with E-state index in [-0.39, 0.29) is 36.7 Å². The highest BCUT2D eigenvalue weighted by Crippen LogP contribution is 2.16. The molecule has 0 spiro atoms. The van der Waals surface area contributed by atoms with Crippen LogP contribution in [0.25, 0.3) is 0 Å². The van der Waals surface area contributed by atoms with Crippen LogP contribution in [0.15, 0.2) is 48.5 Å². The Labute approximate surface area is 181 Å². The zero-order chi connectivity index (χ0) is 22.5. The normalized spacial score (nSPS) is 14.4. The third-order valence-corrected chi connectivity index (χ3v) is 5.02. The largest absolute Gasteiger partial charge is 0.340 e. The molecule has 3 rings (SSSR count). The number of anilines is 1. The lowest BCUT2D eigenvalue weighted by molar-refractivity contribution is -0.125. The summed E-state index contributed by atoms with van der Waals surface area (Å²) in [5, 5.41) is 8.10. The molecule has 2 aromatic carbocycles. The molecule has 1 fully saturated rings. The van der Waals surface area contributed by atoms with E-state index in [4.69, 9.17) is 0 Å². The van der Waals surface area contributed by atoms with E-state index in [0.29, 0.717) is 16.8 Å². The van der Waals surface area contributed by atoms with Gasteiger partial charge in [0.1, 0.15) is 6.04 Å². The molecular formula is C23H26N4O4. The predicted molar refractivity (Wildman–Crippen MR) is 116 cm³/mol. The van der Waals surface area contributed by atoms with Crippen molar-refractivity contribution < 1.29 is 19.2 Å². The summed E-state index contributed by atoms with van der Waals surface area (Å²) in [6.45, 7) is 5.76. The van der Waals surface area contributed by atoms with Gasteiger partial charge in [0.05, 0.1) is 13.1 Å². The number of hydrogen-bond donors (Lipinski definition) is 3. The number of aryl methyl sites for hydroxylation is 1. The third-order valence-electron chi connectivity index (χ3n) is 5.02. The molecule has 1 heterocycles. The van der Waals surface area contributed by atoms with E-state index in [2.05, 4.69) is 16.0 Å². The van der Waals surface area contributed by atoms with Crippen LogP contribution in [0.2, 0.25) is 0 Å². The van der Waals surface area contributed by atoms with Gasteiger partial charge in [-0.1, -0.05) is 43.7 Å². The molecule has 8 nitrogen and oxygen atoms in total. The van der Waals surface area contributed by atoms with Crippen molar-refractivity contribution in [3.05, 3.63) is 65.2 Å². The fourth-order valence-corrected chi connectivity index (χ4v) is 3.23. The first kappa shape index (κ1) is 22.0. The van der Waals surface area contributed by atoms with E-state index in [0.717, 1.165) is 10.5 Å². The number of rotatable bonds is 7. The number of carbonyl (C=O) groups excluding carboxylic acids is 4. The summed E-state index contributed by atoms with van der Waals surface area (Å²) in [4.78, 5) is 50.1. The second-order valence-corrected chi connectivity index (χ2v) is 7.89. The van der Waals surface area contributed by atoms with Gasteiger partial charge in [0.2, 0.25) is 11.8 Å². The van der Waals surface area contributed by atoms with Crippen molar-refractivity contribution in [2.24, 2.45) is 5.92 Å². The Morgan fingerprint density at radius 2 is 1.81 bits per heavy atom. The molecule has 2 aromatic rings. The van der Waals surface area contributed by atoms with Gasteiger partial charge >= 0.3 is 6.03 Å². The summed E-state index contributed by atoms with van der Waals surface area (Å²) in [6.07, 6.45) is 0. The van der Waals surface area contributed by atoms with Crippen LogP contribution in [0, 0.1) is 12.8 Å². The molecule has 5 amide bonds. The predicted octanol–water partition coefficient (Wildman–Crippen LogP) is 2.44. The number of urea groups is 1. The molecule has 0 aromatic heterocycles. The Morgan fingerprint density at radius 3 is 2.42 bits per heavy atom. The minimum absolute atomic E-state index is 0.00793. The molecule has 0 saturated carbocycles. The standard InChI is InChI=1S/C23H26N4O4/c1-14(2)20(26-21(29)17-9-7-15(3)8-10-17)22(30)25-18-6-4-5-16(11-18)13-27-19(28)12-24-23(27)31/h4-11,14,20H,12-13H2,1-3H3,(H,24,31)(H,25,30)(H,26,29). The van der Waals surface area contributed by atoms with E-state index < -0.39 is 12.1 Å². The lowest BCUT2D eigenvalue weighted by atomic mass is 10.0. The Bertz CT molecular complexity index is 985. The topological polar surface area (TPSA) is 108 Å². The Hall–Kier alpha value is -3.68. The number of amides is 5. The van der Waals surface area contributed by atoms with Crippen LogP contribution in [0.3, 0.4) is 0 Å². The van der Waals surface area contributed by atoms with Gasteiger partial charge < -0.3 is 16.0 Å². The van der Waals surface area contributed by atoms with Gasteiger partial charge in [-0.15, -0.1) is 0 Å². The van der Waals surface area contributed by atoms with Gasteiger partial charge in [0.15, 0.2) is 0 Å². The van der Waals surface area contributed by atoms with Gasteiger partial charge in [-0.2, -0.15) is 0 Å². The van der Waals surface area contributed by atoms with Crippen molar-refractivity contribution in [1.82, 2.24) is 15.5 Å². The number of carbonyl (C=O) groups is 4. The summed E-state index contributed by atoms with van der Waals surface area (Å²) in [6, 6.07) is 12.9. The molecule has 8 heteroatoms. The van der Waals surface area contributed by atoms with Crippen LogP contribution in [-0.2, 0) is 16.1 Å². The Balaban J connectivity index is 1.68. The van der Waals surface area contributed by atoms with Crippen molar-refractivity contribution in [2.45, 2.75) is 33.4 Å². The molecule has 1 saturated heterocycles. The SMILES string of the molecule is Cc1ccc(C(=O)NC(C(=O)Nc2cccc(CN3C(=O)CNC3=O)c2)C(C)C)cc1. The summed E-state index contributed by atoms with van der Waals surface area (Å²) in [5.74, 6) is -1.09. The van der Waals surface area contributed by atoms with Crippen molar-refractivity contribution in [2.75, 3.05) is 11.9 Å². The van der Waals surface area contributed by atoms with Crippen molar-refractivity contribution >= 4 is 29.4 Å². The lowest BCUT2D eigenvalue weighted by Gasteiger charge is -2.22. The van der Waals surface area contributed by atoms with Gasteiger partial charge in [-0.05, 0) is 42.7 Å². The zero-order valence-electron chi connectivity index (χ0n) is 17.8. The van der Waals surface area contributed by atoms with Crippen LogP contribution >= 0.6 is 0 Å². The van der Waals surface area contributed by atoms with Crippen LogP contribution in [-0.4, -0.2) is 41.2 Å². The minimum Gasteiger partial charge on any atom is -0.340 e. The molecule has 0 bridgehead atoms. The van der Waals surface area contributed by atoms with Crippen LogP contribution in [0.1, 0.15) is 35.3 Å². The fraction of sp³-hybridized carbons (Fsp3) is 0.304. The highest BCUT2D eigenvalue weighted by atomic mass is 16.2. The van der Waals surface area contributed by atoms with Crippen LogP contribution in [0.5, 0.6) is 0 Å². The minimum atomic E-state index is -0.733. The van der Waals surface area contributed by atoms with Crippen LogP contribution in [0.4, 0.5) is 10.5 Å². The molecule has 1 aliphatic rings. The molecule has 1 aliphatic heterocycles. The molecule has 1 unspecified atom stereocenters. The number of imide groups is 1. The first-order chi connectivity index (χ1) is 14.7. The average Bonchev–Trinajstić information content (AvgIpc) is 3.04. The van der Waals surface area contributed by atoms with E-state index in [1.165, 1.54) is 0 Å². The maximum Gasteiger partial charge on any atom is 0.324 e. The highest BCUT2D eigenvalue weighted by Gasteiger charge is 2.28. The molecule has 162 valence electrons. The summed E-state index contributed by atoms with van der Waals surface area (Å²) in [7, 11) is 0. The Kier molecular flexibility index (Phi) is 6.69. The molecule has 1 atom stereocenters. The maximum absolute atomic E-state index is 12.9. The van der Waals surface area contributed by atoms with Crippen molar-refractivity contribution in [1.29, 1.82) is 0 Å². The lowest BCUT2D eigenvalue weighted by Crippen LogP contribution is -2.47. The summed E-state index contributed by atoms with van der Waals surface area (Å²) in [5.41, 5.74) is 2.75. The average molecular weight is 422 g/mol. The monoisotopic (exact) mass is 422 g/mol. The maximum atomic E-state index is 12.9. The smallest absolute Gasteiger partial charge is 0.324 e. The number of benzene rings is 2. The fourth-order valence-electron chi connectivity index (χ4n) is 3.23. The molecule has 0 radical (unpaired) electrons. The van der Waals surface area contributed by atoms with E-state index in [1.807, 2.05) is 32.9 Å². The van der Waals surface area contributed by atoms with E-state index in [9.17, 15) is 19.2 Å². The second-order valence-electron chi connectivity index (χ2n) is 7.89. The molecular weight excluding hydrogens is 396 g/mol. The summed E-state index contributed by atoms with van der Waals surface area (Å²) < 4.78 is 0. The number of nitrogens with one attached hydrogen (secondary N) is 3. The number of nitrogens with zero attached hydrogens (tertiary/aromatic N) is 1. The summed E-state index contributed by atoms with van der Waals surface area (Å²) >= 11 is 0. The Morgan fingerprint density at radius 1 is 1.10 bits per heavy atom. The molecule has 3 N–H and O–H groups in total. The first-order valence-corrected chi connectivity index (χ1v) is 10.1. The zero-order valence-corrected chi connectivity index (χ0v) is 17.8. The van der Waals surface area contributed by atoms with Gasteiger partial charge in [0, 0.05) is 11.3 Å². The van der Waals surface area contributed by atoms with Crippen LogP contribution < -0.4 is 16.0 Å². The van der Waals surface area contributed by atoms with E-state index in [1.54, 1.807) is 36.4 Å². The van der Waals surface area contributed by atoms with E-state index >= 15 is 0 Å². The highest BCUT2D eigenvalue weighted by molar-refractivity contribution is 6.02. The van der Waals surface area contributed by atoms with Gasteiger partial charge in [0.25, 0.3) is 5.91 Å². The molecule has 31 heavy (non-hydrogen) atoms. The van der Waals surface area contributed by atoms with Gasteiger partial charge in [-0.3, -0.25) is 19.3 Å². The molecule has 0 aliphatic carbocycles. The number of hydrogen-bond acceptors (Lipinski definition) is 4. The van der Waals surface area contributed by atoms with Crippen molar-refractivity contribution in [3.63, 3.8) is 0 Å². The third kappa shape index (κ3) is 5.48. The quantitative estimate of drug-likeness (QED) is 0.596. The van der Waals surface area contributed by atoms with Gasteiger partial charge in [-0.25, -0.2) is 4.79 Å². The first-order valence-electron chi connectivity index (χ1n) is 10.1.